The van der Waals surface area contributed by atoms with Crippen LogP contribution >= 0.6 is 0 Å². The van der Waals surface area contributed by atoms with E-state index in [0.29, 0.717) is 19.5 Å². The van der Waals surface area contributed by atoms with E-state index in [2.05, 4.69) is 10.1 Å². The predicted molar refractivity (Wildman–Crippen MR) is 99.0 cm³/mol. The van der Waals surface area contributed by atoms with Crippen LogP contribution in [0.15, 0.2) is 29.2 Å². The van der Waals surface area contributed by atoms with Gasteiger partial charge in [-0.3, -0.25) is 9.59 Å². The average Bonchev–Trinajstić information content (AvgIpc) is 3.25. The lowest BCUT2D eigenvalue weighted by Crippen LogP contribution is -2.30. The summed E-state index contributed by atoms with van der Waals surface area (Å²) in [7, 11) is -2.36. The summed E-state index contributed by atoms with van der Waals surface area (Å²) in [5.41, 5.74) is 0.0544. The zero-order valence-corrected chi connectivity index (χ0v) is 16.5. The first-order valence-corrected chi connectivity index (χ1v) is 10.4. The minimum absolute atomic E-state index is 0.0242. The maximum Gasteiger partial charge on any atom is 0.338 e. The molecule has 1 aromatic carbocycles. The van der Waals surface area contributed by atoms with E-state index >= 15 is 0 Å². The van der Waals surface area contributed by atoms with Crippen LogP contribution in [0.25, 0.3) is 0 Å². The fraction of sp³-hybridized carbons (Fsp3) is 0.500. The summed E-state index contributed by atoms with van der Waals surface area (Å²) in [5, 5.41) is 2.52. The number of ether oxygens (including phenoxy) is 2. The number of esters is 2. The van der Waals surface area contributed by atoms with Gasteiger partial charge in [0, 0.05) is 26.1 Å². The van der Waals surface area contributed by atoms with Crippen LogP contribution in [0.5, 0.6) is 0 Å². The van der Waals surface area contributed by atoms with E-state index < -0.39 is 28.5 Å². The van der Waals surface area contributed by atoms with Crippen LogP contribution in [0.1, 0.15) is 36.0 Å². The van der Waals surface area contributed by atoms with E-state index in [-0.39, 0.29) is 29.4 Å². The number of nitrogens with one attached hydrogen (secondary N) is 1. The number of amides is 1. The number of rotatable bonds is 9. The van der Waals surface area contributed by atoms with Crippen molar-refractivity contribution >= 4 is 27.9 Å². The lowest BCUT2D eigenvalue weighted by atomic mass is 10.2. The molecule has 0 bridgehead atoms. The van der Waals surface area contributed by atoms with Gasteiger partial charge in [0.05, 0.1) is 17.6 Å². The average molecular weight is 412 g/mol. The van der Waals surface area contributed by atoms with E-state index in [9.17, 15) is 22.8 Å². The monoisotopic (exact) mass is 412 g/mol. The minimum atomic E-state index is -3.64. The second-order valence-electron chi connectivity index (χ2n) is 6.24. The molecule has 10 heteroatoms. The molecule has 0 aliphatic carbocycles. The molecule has 1 fully saturated rings. The van der Waals surface area contributed by atoms with Gasteiger partial charge >= 0.3 is 11.9 Å². The fourth-order valence-corrected chi connectivity index (χ4v) is 4.25. The third kappa shape index (κ3) is 6.03. The van der Waals surface area contributed by atoms with Crippen LogP contribution < -0.4 is 5.32 Å². The van der Waals surface area contributed by atoms with Gasteiger partial charge in [-0.25, -0.2) is 13.2 Å². The SMILES string of the molecule is COC(=O)CCCNC(=O)COC(=O)c1cccc(S(=O)(=O)N2CCCC2)c1. The highest BCUT2D eigenvalue weighted by Crippen LogP contribution is 2.21. The standard InChI is InChI=1S/C18H24N2O7S/c1-26-17(22)8-5-9-19-16(21)13-27-18(23)14-6-4-7-15(12-14)28(24,25)20-10-2-3-11-20/h4,6-7,12H,2-3,5,8-11,13H2,1H3,(H,19,21). The summed E-state index contributed by atoms with van der Waals surface area (Å²) in [5.74, 6) is -1.67. The normalized spacial score (nSPS) is 14.5. The van der Waals surface area contributed by atoms with Gasteiger partial charge in [0.25, 0.3) is 5.91 Å². The summed E-state index contributed by atoms with van der Waals surface area (Å²) in [6.07, 6.45) is 2.21. The molecule has 154 valence electrons. The second kappa shape index (κ2) is 10.2. The lowest BCUT2D eigenvalue weighted by Gasteiger charge is -2.15. The number of hydrogen-bond acceptors (Lipinski definition) is 7. The van der Waals surface area contributed by atoms with Crippen molar-refractivity contribution in [2.24, 2.45) is 0 Å². The zero-order chi connectivity index (χ0) is 20.6. The maximum absolute atomic E-state index is 12.6. The fourth-order valence-electron chi connectivity index (χ4n) is 2.69. The Bertz CT molecular complexity index is 817. The first-order valence-electron chi connectivity index (χ1n) is 8.95. The molecule has 1 amide bonds. The van der Waals surface area contributed by atoms with Crippen molar-refractivity contribution in [3.63, 3.8) is 0 Å². The van der Waals surface area contributed by atoms with Crippen molar-refractivity contribution in [3.8, 4) is 0 Å². The number of hydrogen-bond donors (Lipinski definition) is 1. The Hall–Kier alpha value is -2.46. The molecule has 0 atom stereocenters. The minimum Gasteiger partial charge on any atom is -0.469 e. The van der Waals surface area contributed by atoms with E-state index in [1.807, 2.05) is 0 Å². The molecule has 1 aromatic rings. The Morgan fingerprint density at radius 3 is 2.57 bits per heavy atom. The lowest BCUT2D eigenvalue weighted by molar-refractivity contribution is -0.140. The number of carbonyl (C=O) groups excluding carboxylic acids is 3. The van der Waals surface area contributed by atoms with E-state index in [1.54, 1.807) is 0 Å². The molecule has 1 aliphatic heterocycles. The van der Waals surface area contributed by atoms with Gasteiger partial charge in [-0.2, -0.15) is 4.31 Å². The van der Waals surface area contributed by atoms with Gasteiger partial charge in [-0.05, 0) is 37.5 Å². The van der Waals surface area contributed by atoms with Crippen LogP contribution in [0.3, 0.4) is 0 Å². The third-order valence-corrected chi connectivity index (χ3v) is 6.11. The Balaban J connectivity index is 1.86. The van der Waals surface area contributed by atoms with Crippen molar-refractivity contribution in [3.05, 3.63) is 29.8 Å². The number of sulfonamides is 1. The van der Waals surface area contributed by atoms with E-state index in [1.165, 1.54) is 35.7 Å². The van der Waals surface area contributed by atoms with Crippen molar-refractivity contribution in [1.29, 1.82) is 0 Å². The van der Waals surface area contributed by atoms with Crippen molar-refractivity contribution < 1.29 is 32.3 Å². The number of methoxy groups -OCH3 is 1. The Morgan fingerprint density at radius 1 is 1.18 bits per heavy atom. The summed E-state index contributed by atoms with van der Waals surface area (Å²) in [4.78, 5) is 34.8. The van der Waals surface area contributed by atoms with Crippen LogP contribution in [0.2, 0.25) is 0 Å². The first-order chi connectivity index (χ1) is 13.3. The molecule has 9 nitrogen and oxygen atoms in total. The first kappa shape index (κ1) is 21.8. The van der Waals surface area contributed by atoms with Gasteiger partial charge in [-0.1, -0.05) is 6.07 Å². The van der Waals surface area contributed by atoms with Crippen molar-refractivity contribution in [2.45, 2.75) is 30.6 Å². The van der Waals surface area contributed by atoms with Gasteiger partial charge in [0.2, 0.25) is 10.0 Å². The summed E-state index contributed by atoms with van der Waals surface area (Å²) < 4.78 is 35.9. The largest absolute Gasteiger partial charge is 0.469 e. The molecule has 1 saturated heterocycles. The third-order valence-electron chi connectivity index (χ3n) is 4.21. The molecule has 0 radical (unpaired) electrons. The quantitative estimate of drug-likeness (QED) is 0.468. The smallest absolute Gasteiger partial charge is 0.338 e. The molecule has 0 aromatic heterocycles. The Kier molecular flexibility index (Phi) is 7.94. The molecular weight excluding hydrogens is 388 g/mol. The van der Waals surface area contributed by atoms with Crippen LogP contribution in [-0.2, 0) is 29.1 Å². The molecule has 2 rings (SSSR count). The van der Waals surface area contributed by atoms with Gasteiger partial charge in [0.15, 0.2) is 6.61 Å². The highest BCUT2D eigenvalue weighted by molar-refractivity contribution is 7.89. The molecule has 28 heavy (non-hydrogen) atoms. The van der Waals surface area contributed by atoms with Crippen LogP contribution in [0.4, 0.5) is 0 Å². The zero-order valence-electron chi connectivity index (χ0n) is 15.7. The molecule has 0 spiro atoms. The highest BCUT2D eigenvalue weighted by atomic mass is 32.2. The topological polar surface area (TPSA) is 119 Å². The molecular formula is C18H24N2O7S. The molecule has 0 saturated carbocycles. The van der Waals surface area contributed by atoms with Crippen LogP contribution in [-0.4, -0.2) is 63.9 Å². The molecule has 0 unspecified atom stereocenters. The van der Waals surface area contributed by atoms with Gasteiger partial charge in [0.1, 0.15) is 0 Å². The van der Waals surface area contributed by atoms with Crippen molar-refractivity contribution in [1.82, 2.24) is 9.62 Å². The molecule has 1 aliphatic rings. The van der Waals surface area contributed by atoms with Crippen LogP contribution in [0, 0.1) is 0 Å². The summed E-state index contributed by atoms with van der Waals surface area (Å²) >= 11 is 0. The maximum atomic E-state index is 12.6. The molecule has 1 heterocycles. The number of nitrogens with zero attached hydrogens (tertiary/aromatic N) is 1. The predicted octanol–water partition coefficient (Wildman–Crippen LogP) is 0.697. The van der Waals surface area contributed by atoms with Gasteiger partial charge in [-0.15, -0.1) is 0 Å². The second-order valence-corrected chi connectivity index (χ2v) is 8.18. The highest BCUT2D eigenvalue weighted by Gasteiger charge is 2.27. The number of benzene rings is 1. The Labute approximate surface area is 164 Å². The van der Waals surface area contributed by atoms with E-state index in [4.69, 9.17) is 4.74 Å². The van der Waals surface area contributed by atoms with Crippen molar-refractivity contribution in [2.75, 3.05) is 33.4 Å². The molecule has 1 N–H and O–H groups in total. The van der Waals surface area contributed by atoms with Gasteiger partial charge < -0.3 is 14.8 Å². The number of carbonyl (C=O) groups is 3. The summed E-state index contributed by atoms with van der Waals surface area (Å²) in [6, 6.07) is 5.58. The summed E-state index contributed by atoms with van der Waals surface area (Å²) in [6.45, 7) is 0.676. The van der Waals surface area contributed by atoms with E-state index in [0.717, 1.165) is 12.8 Å². The Morgan fingerprint density at radius 2 is 1.89 bits per heavy atom.